The Hall–Kier alpha value is -0.160. The number of rotatable bonds is 7. The predicted octanol–water partition coefficient (Wildman–Crippen LogP) is 1.17. The maximum atomic E-state index is 6.00. The number of hydrogen-bond donors (Lipinski definition) is 1. The topological polar surface area (TPSA) is 27.7 Å². The lowest BCUT2D eigenvalue weighted by atomic mass is 10.2. The van der Waals surface area contributed by atoms with Gasteiger partial charge in [0.2, 0.25) is 0 Å². The Morgan fingerprint density at radius 2 is 2.10 bits per heavy atom. The van der Waals surface area contributed by atoms with Gasteiger partial charge in [-0.2, -0.15) is 0 Å². The van der Waals surface area contributed by atoms with Gasteiger partial charge < -0.3 is 10.1 Å². The summed E-state index contributed by atoms with van der Waals surface area (Å²) in [6.45, 7) is 11.4. The monoisotopic (exact) mass is 281 g/mol. The number of morpholine rings is 1. The van der Waals surface area contributed by atoms with Crippen molar-refractivity contribution >= 4 is 0 Å². The lowest BCUT2D eigenvalue weighted by molar-refractivity contribution is -0.0430. The molecule has 0 radical (unpaired) electrons. The van der Waals surface area contributed by atoms with Crippen molar-refractivity contribution in [2.45, 2.75) is 44.8 Å². The molecular formula is C16H31N3O. The number of likely N-dealkylation sites (N-methyl/N-ethyl adjacent to an activating group) is 1. The fraction of sp³-hybridized carbons (Fsp3) is 1.00. The first-order valence-electron chi connectivity index (χ1n) is 8.63. The minimum atomic E-state index is 0.420. The first-order valence-corrected chi connectivity index (χ1v) is 8.63. The maximum Gasteiger partial charge on any atom is 0.0829 e. The first-order chi connectivity index (χ1) is 9.83. The number of ether oxygens (including phenoxy) is 1. The fourth-order valence-electron chi connectivity index (χ4n) is 3.58. The zero-order valence-electron chi connectivity index (χ0n) is 13.0. The molecular weight excluding hydrogens is 250 g/mol. The molecule has 2 unspecified atom stereocenters. The van der Waals surface area contributed by atoms with Gasteiger partial charge in [-0.3, -0.25) is 9.80 Å². The van der Waals surface area contributed by atoms with Crippen molar-refractivity contribution in [2.75, 3.05) is 52.4 Å². The summed E-state index contributed by atoms with van der Waals surface area (Å²) < 4.78 is 6.00. The molecule has 0 aromatic heterocycles. The van der Waals surface area contributed by atoms with E-state index < -0.39 is 0 Å². The second-order valence-electron chi connectivity index (χ2n) is 6.84. The molecule has 4 heteroatoms. The maximum absolute atomic E-state index is 6.00. The van der Waals surface area contributed by atoms with E-state index >= 15 is 0 Å². The lowest BCUT2D eigenvalue weighted by Gasteiger charge is -2.36. The fourth-order valence-corrected chi connectivity index (χ4v) is 3.58. The van der Waals surface area contributed by atoms with Crippen LogP contribution in [0.2, 0.25) is 0 Å². The zero-order valence-corrected chi connectivity index (χ0v) is 13.0. The molecule has 0 aromatic rings. The van der Waals surface area contributed by atoms with Crippen LogP contribution in [0.15, 0.2) is 0 Å². The van der Waals surface area contributed by atoms with E-state index in [0.29, 0.717) is 6.10 Å². The second-order valence-corrected chi connectivity index (χ2v) is 6.84. The summed E-state index contributed by atoms with van der Waals surface area (Å²) >= 11 is 0. The molecule has 2 aliphatic heterocycles. The van der Waals surface area contributed by atoms with Crippen LogP contribution in [0.25, 0.3) is 0 Å². The highest BCUT2D eigenvalue weighted by molar-refractivity contribution is 4.84. The van der Waals surface area contributed by atoms with Crippen LogP contribution in [0.4, 0.5) is 0 Å². The Morgan fingerprint density at radius 3 is 2.80 bits per heavy atom. The minimum Gasteiger partial charge on any atom is -0.374 e. The molecule has 0 spiro atoms. The third-order valence-electron chi connectivity index (χ3n) is 4.99. The van der Waals surface area contributed by atoms with Crippen LogP contribution in [0, 0.1) is 5.92 Å². The van der Waals surface area contributed by atoms with Crippen molar-refractivity contribution in [1.82, 2.24) is 15.1 Å². The SMILES string of the molecule is CCN1CCOC(CN(CC2CC2)CC2CCCN2)C1. The highest BCUT2D eigenvalue weighted by Gasteiger charge is 2.29. The van der Waals surface area contributed by atoms with E-state index in [1.807, 2.05) is 0 Å². The summed E-state index contributed by atoms with van der Waals surface area (Å²) in [5.41, 5.74) is 0. The standard InChI is InChI=1S/C16H31N3O/c1-2-18-8-9-20-16(12-18)13-19(10-14-5-6-14)11-15-4-3-7-17-15/h14-17H,2-13H2,1H3. The van der Waals surface area contributed by atoms with E-state index in [1.165, 1.54) is 45.3 Å². The van der Waals surface area contributed by atoms with Gasteiger partial charge in [-0.05, 0) is 44.7 Å². The Labute approximate surface area is 123 Å². The zero-order chi connectivity index (χ0) is 13.8. The van der Waals surface area contributed by atoms with Gasteiger partial charge in [0.05, 0.1) is 12.7 Å². The quantitative estimate of drug-likeness (QED) is 0.758. The van der Waals surface area contributed by atoms with E-state index in [-0.39, 0.29) is 0 Å². The molecule has 2 heterocycles. The van der Waals surface area contributed by atoms with Crippen LogP contribution < -0.4 is 5.32 Å². The molecule has 2 saturated heterocycles. The van der Waals surface area contributed by atoms with E-state index in [1.54, 1.807) is 0 Å². The van der Waals surface area contributed by atoms with E-state index in [4.69, 9.17) is 4.74 Å². The summed E-state index contributed by atoms with van der Waals surface area (Å²) in [5.74, 6) is 0.974. The third-order valence-corrected chi connectivity index (χ3v) is 4.99. The van der Waals surface area contributed by atoms with Crippen LogP contribution >= 0.6 is 0 Å². The van der Waals surface area contributed by atoms with E-state index in [0.717, 1.165) is 44.7 Å². The van der Waals surface area contributed by atoms with Gasteiger partial charge in [0.25, 0.3) is 0 Å². The van der Waals surface area contributed by atoms with Crippen LogP contribution in [-0.2, 0) is 4.74 Å². The molecule has 2 atom stereocenters. The smallest absolute Gasteiger partial charge is 0.0829 e. The number of hydrogen-bond acceptors (Lipinski definition) is 4. The number of nitrogens with one attached hydrogen (secondary N) is 1. The molecule has 0 aromatic carbocycles. The molecule has 1 aliphatic carbocycles. The van der Waals surface area contributed by atoms with Crippen molar-refractivity contribution in [3.8, 4) is 0 Å². The van der Waals surface area contributed by atoms with Crippen LogP contribution in [-0.4, -0.2) is 74.4 Å². The molecule has 1 saturated carbocycles. The summed E-state index contributed by atoms with van der Waals surface area (Å²) in [6, 6.07) is 0.722. The largest absolute Gasteiger partial charge is 0.374 e. The second kappa shape index (κ2) is 7.21. The van der Waals surface area contributed by atoms with Crippen molar-refractivity contribution < 1.29 is 4.74 Å². The van der Waals surface area contributed by atoms with Gasteiger partial charge in [0.1, 0.15) is 0 Å². The van der Waals surface area contributed by atoms with E-state index in [9.17, 15) is 0 Å². The Bertz CT molecular complexity index is 289. The summed E-state index contributed by atoms with van der Waals surface area (Å²) in [6.07, 6.45) is 6.02. The van der Waals surface area contributed by atoms with Crippen molar-refractivity contribution in [3.05, 3.63) is 0 Å². The molecule has 3 rings (SSSR count). The molecule has 116 valence electrons. The lowest BCUT2D eigenvalue weighted by Crippen LogP contribution is -2.49. The Kier molecular flexibility index (Phi) is 5.32. The van der Waals surface area contributed by atoms with Crippen molar-refractivity contribution in [3.63, 3.8) is 0 Å². The summed E-state index contributed by atoms with van der Waals surface area (Å²) in [7, 11) is 0. The summed E-state index contributed by atoms with van der Waals surface area (Å²) in [5, 5.41) is 3.65. The van der Waals surface area contributed by atoms with Crippen molar-refractivity contribution in [1.29, 1.82) is 0 Å². The van der Waals surface area contributed by atoms with Crippen LogP contribution in [0.1, 0.15) is 32.6 Å². The predicted molar refractivity (Wildman–Crippen MR) is 82.0 cm³/mol. The highest BCUT2D eigenvalue weighted by Crippen LogP contribution is 2.30. The van der Waals surface area contributed by atoms with Crippen LogP contribution in [0.3, 0.4) is 0 Å². The minimum absolute atomic E-state index is 0.420. The average molecular weight is 281 g/mol. The van der Waals surface area contributed by atoms with Gasteiger partial charge >= 0.3 is 0 Å². The van der Waals surface area contributed by atoms with Gasteiger partial charge in [-0.25, -0.2) is 0 Å². The Balaban J connectivity index is 1.48. The molecule has 0 amide bonds. The van der Waals surface area contributed by atoms with Crippen LogP contribution in [0.5, 0.6) is 0 Å². The molecule has 3 fully saturated rings. The third kappa shape index (κ3) is 4.42. The van der Waals surface area contributed by atoms with Gasteiger partial charge in [-0.15, -0.1) is 0 Å². The summed E-state index contributed by atoms with van der Waals surface area (Å²) in [4.78, 5) is 5.21. The molecule has 1 N–H and O–H groups in total. The first kappa shape index (κ1) is 14.8. The molecule has 4 nitrogen and oxygen atoms in total. The molecule has 0 bridgehead atoms. The van der Waals surface area contributed by atoms with Gasteiger partial charge in [0, 0.05) is 38.8 Å². The van der Waals surface area contributed by atoms with E-state index in [2.05, 4.69) is 22.0 Å². The van der Waals surface area contributed by atoms with Gasteiger partial charge in [-0.1, -0.05) is 6.92 Å². The number of nitrogens with zero attached hydrogens (tertiary/aromatic N) is 2. The van der Waals surface area contributed by atoms with Gasteiger partial charge in [0.15, 0.2) is 0 Å². The van der Waals surface area contributed by atoms with Crippen molar-refractivity contribution in [2.24, 2.45) is 5.92 Å². The normalized spacial score (nSPS) is 32.1. The molecule has 20 heavy (non-hydrogen) atoms. The average Bonchev–Trinajstić information content (AvgIpc) is 3.12. The Morgan fingerprint density at radius 1 is 1.20 bits per heavy atom. The highest BCUT2D eigenvalue weighted by atomic mass is 16.5. The molecule has 3 aliphatic rings.